The molecule has 0 N–H and O–H groups in total. The number of ether oxygens (including phenoxy) is 3. The lowest BCUT2D eigenvalue weighted by molar-refractivity contribution is -0.376. The summed E-state index contributed by atoms with van der Waals surface area (Å²) < 4.78 is 18.0. The minimum atomic E-state index is -0.808. The van der Waals surface area contributed by atoms with Crippen molar-refractivity contribution < 1.29 is 28.6 Å². The van der Waals surface area contributed by atoms with Gasteiger partial charge >= 0.3 is 11.9 Å². The molecule has 0 aliphatic carbocycles. The number of unbranched alkanes of at least 4 members (excludes halogenated alkanes) is 1. The first-order chi connectivity index (χ1) is 14.0. The fraction of sp³-hybridized carbons (Fsp3) is 0.913. The number of rotatable bonds is 12. The van der Waals surface area contributed by atoms with E-state index in [0.29, 0.717) is 32.7 Å². The summed E-state index contributed by atoms with van der Waals surface area (Å²) in [6.45, 7) is 16.9. The van der Waals surface area contributed by atoms with Crippen LogP contribution in [-0.4, -0.2) is 53.7 Å². The summed E-state index contributed by atoms with van der Waals surface area (Å²) in [7, 11) is 0. The first-order valence-electron chi connectivity index (χ1n) is 11.4. The normalized spacial score (nSPS) is 32.1. The number of esters is 1. The first-order valence-corrected chi connectivity index (χ1v) is 11.4. The molecule has 1 aliphatic rings. The number of hydrogen-bond acceptors (Lipinski definition) is 7. The highest BCUT2D eigenvalue weighted by Gasteiger charge is 2.62. The summed E-state index contributed by atoms with van der Waals surface area (Å²) in [6, 6.07) is 0. The van der Waals surface area contributed by atoms with Crippen LogP contribution in [0.3, 0.4) is 0 Å². The average molecular weight is 430 g/mol. The van der Waals surface area contributed by atoms with Gasteiger partial charge in [-0.15, -0.1) is 5.06 Å². The molecule has 0 aromatic heterocycles. The van der Waals surface area contributed by atoms with Crippen molar-refractivity contribution in [3.8, 4) is 0 Å². The van der Waals surface area contributed by atoms with Crippen molar-refractivity contribution in [3.05, 3.63) is 0 Å². The predicted molar refractivity (Wildman–Crippen MR) is 116 cm³/mol. The van der Waals surface area contributed by atoms with Gasteiger partial charge in [-0.25, -0.2) is 0 Å². The monoisotopic (exact) mass is 429 g/mol. The van der Waals surface area contributed by atoms with E-state index in [1.807, 2.05) is 5.06 Å². The number of hydrogen-bond donors (Lipinski definition) is 0. The summed E-state index contributed by atoms with van der Waals surface area (Å²) in [5, 5.41) is 1.90. The van der Waals surface area contributed by atoms with Crippen molar-refractivity contribution >= 4 is 11.9 Å². The summed E-state index contributed by atoms with van der Waals surface area (Å²) in [5.74, 6) is -1.47. The number of piperidine rings is 1. The molecule has 30 heavy (non-hydrogen) atoms. The third-order valence-corrected chi connectivity index (χ3v) is 6.66. The largest absolute Gasteiger partial charge is 0.466 e. The average Bonchev–Trinajstić information content (AvgIpc) is 2.69. The first kappa shape index (κ1) is 26.9. The van der Waals surface area contributed by atoms with Gasteiger partial charge in [0.2, 0.25) is 0 Å². The Bertz CT molecular complexity index is 570. The summed E-state index contributed by atoms with van der Waals surface area (Å²) in [5.41, 5.74) is -0.901. The van der Waals surface area contributed by atoms with Gasteiger partial charge in [-0.1, -0.05) is 34.1 Å². The zero-order chi connectivity index (χ0) is 23.0. The van der Waals surface area contributed by atoms with Gasteiger partial charge in [-0.2, -0.15) is 0 Å². The Morgan fingerprint density at radius 3 is 2.00 bits per heavy atom. The number of hydroxylamine groups is 2. The quantitative estimate of drug-likeness (QED) is 0.254. The molecule has 0 amide bonds. The van der Waals surface area contributed by atoms with Crippen LogP contribution in [0.5, 0.6) is 0 Å². The van der Waals surface area contributed by atoms with Crippen LogP contribution in [0.4, 0.5) is 0 Å². The minimum absolute atomic E-state index is 0.0560. The van der Waals surface area contributed by atoms with Crippen LogP contribution in [0.15, 0.2) is 0 Å². The Morgan fingerprint density at radius 1 is 0.933 bits per heavy atom. The third kappa shape index (κ3) is 6.17. The van der Waals surface area contributed by atoms with Gasteiger partial charge in [0.25, 0.3) is 0 Å². The van der Waals surface area contributed by atoms with Crippen LogP contribution >= 0.6 is 0 Å². The highest BCUT2D eigenvalue weighted by molar-refractivity contribution is 5.66. The van der Waals surface area contributed by atoms with Crippen molar-refractivity contribution in [3.63, 3.8) is 0 Å². The highest BCUT2D eigenvalue weighted by Crippen LogP contribution is 2.52. The molecule has 0 saturated carbocycles. The maximum absolute atomic E-state index is 11.9. The molecule has 0 aromatic carbocycles. The van der Waals surface area contributed by atoms with Crippen molar-refractivity contribution in [2.45, 2.75) is 111 Å². The minimum Gasteiger partial charge on any atom is -0.466 e. The van der Waals surface area contributed by atoms with E-state index in [1.54, 1.807) is 0 Å². The Morgan fingerprint density at radius 2 is 1.53 bits per heavy atom. The molecule has 0 radical (unpaired) electrons. The fourth-order valence-electron chi connectivity index (χ4n) is 4.39. The van der Waals surface area contributed by atoms with Gasteiger partial charge < -0.3 is 19.0 Å². The molecule has 1 aliphatic heterocycles. The lowest BCUT2D eigenvalue weighted by atomic mass is 9.67. The van der Waals surface area contributed by atoms with Crippen LogP contribution in [0.25, 0.3) is 0 Å². The summed E-state index contributed by atoms with van der Waals surface area (Å²) >= 11 is 0. The van der Waals surface area contributed by atoms with E-state index in [9.17, 15) is 9.59 Å². The number of carbonyl (C=O) groups excluding carboxylic acids is 2. The third-order valence-electron chi connectivity index (χ3n) is 6.66. The molecule has 1 saturated heterocycles. The molecule has 7 nitrogen and oxygen atoms in total. The van der Waals surface area contributed by atoms with Crippen molar-refractivity contribution in [2.75, 3.05) is 19.8 Å². The molecule has 0 aromatic rings. The Labute approximate surface area is 182 Å². The van der Waals surface area contributed by atoms with Crippen LogP contribution < -0.4 is 0 Å². The number of nitrogens with zero attached hydrogens (tertiary/aromatic N) is 1. The molecule has 0 bridgehead atoms. The molecule has 1 fully saturated rings. The maximum atomic E-state index is 11.9. The van der Waals surface area contributed by atoms with Crippen LogP contribution in [0.2, 0.25) is 0 Å². The van der Waals surface area contributed by atoms with Gasteiger partial charge in [-0.05, 0) is 33.1 Å². The van der Waals surface area contributed by atoms with E-state index in [2.05, 4.69) is 41.5 Å². The van der Waals surface area contributed by atoms with Crippen molar-refractivity contribution in [1.82, 2.24) is 5.06 Å². The predicted octanol–water partition coefficient (Wildman–Crippen LogP) is 4.63. The molecule has 0 spiro atoms. The van der Waals surface area contributed by atoms with E-state index in [4.69, 9.17) is 19.0 Å². The van der Waals surface area contributed by atoms with Gasteiger partial charge in [-0.3, -0.25) is 9.59 Å². The molecule has 4 atom stereocenters. The molecule has 176 valence electrons. The summed E-state index contributed by atoms with van der Waals surface area (Å²) in [6.07, 6.45) is 4.71. The van der Waals surface area contributed by atoms with Crippen molar-refractivity contribution in [2.24, 2.45) is 5.92 Å². The van der Waals surface area contributed by atoms with E-state index >= 15 is 0 Å². The van der Waals surface area contributed by atoms with Gasteiger partial charge in [0.1, 0.15) is 0 Å². The highest BCUT2D eigenvalue weighted by atomic mass is 16.7. The zero-order valence-corrected chi connectivity index (χ0v) is 20.3. The Hall–Kier alpha value is -1.18. The second-order valence-corrected chi connectivity index (χ2v) is 8.89. The standard InChI is InChI=1S/C23H43NO6/c1-9-12-15-28-23(29-16-13-14-27-19(5)25)17-21(7,10-2)24(30-20(6)26)22(8,11-3)18(23)4/h18H,9-17H2,1-8H3. The molecular formula is C23H43NO6. The molecule has 4 unspecified atom stereocenters. The van der Waals surface area contributed by atoms with Crippen LogP contribution in [-0.2, 0) is 28.6 Å². The molecule has 1 rings (SSSR count). The Kier molecular flexibility index (Phi) is 10.2. The van der Waals surface area contributed by atoms with E-state index in [0.717, 1.165) is 25.7 Å². The number of carbonyl (C=O) groups is 2. The Balaban J connectivity index is 3.23. The maximum Gasteiger partial charge on any atom is 0.322 e. The molecular weight excluding hydrogens is 386 g/mol. The molecule has 7 heteroatoms. The van der Waals surface area contributed by atoms with Crippen LogP contribution in [0.1, 0.15) is 93.9 Å². The van der Waals surface area contributed by atoms with Gasteiger partial charge in [0.05, 0.1) is 30.9 Å². The van der Waals surface area contributed by atoms with Gasteiger partial charge in [0, 0.05) is 32.6 Å². The SMILES string of the molecule is CCCCOC1(OCCCOC(C)=O)CC(C)(CC)N(OC(C)=O)C(C)(CC)C1C. The van der Waals surface area contributed by atoms with Gasteiger partial charge in [0.15, 0.2) is 5.79 Å². The van der Waals surface area contributed by atoms with E-state index in [-0.39, 0.29) is 17.9 Å². The second kappa shape index (κ2) is 11.4. The smallest absolute Gasteiger partial charge is 0.322 e. The zero-order valence-electron chi connectivity index (χ0n) is 20.3. The van der Waals surface area contributed by atoms with Crippen molar-refractivity contribution in [1.29, 1.82) is 0 Å². The lowest BCUT2D eigenvalue weighted by Gasteiger charge is -2.62. The second-order valence-electron chi connectivity index (χ2n) is 8.89. The lowest BCUT2D eigenvalue weighted by Crippen LogP contribution is -2.72. The fourth-order valence-corrected chi connectivity index (χ4v) is 4.39. The topological polar surface area (TPSA) is 74.3 Å². The van der Waals surface area contributed by atoms with Crippen LogP contribution in [0, 0.1) is 5.92 Å². The summed E-state index contributed by atoms with van der Waals surface area (Å²) in [4.78, 5) is 28.8. The van der Waals surface area contributed by atoms with E-state index < -0.39 is 16.9 Å². The molecule has 1 heterocycles. The van der Waals surface area contributed by atoms with E-state index in [1.165, 1.54) is 13.8 Å².